The van der Waals surface area contributed by atoms with Crippen molar-refractivity contribution in [2.24, 2.45) is 5.92 Å². The number of rotatable bonds is 28. The van der Waals surface area contributed by atoms with E-state index in [1.54, 1.807) is 0 Å². The molecule has 0 fully saturated rings. The van der Waals surface area contributed by atoms with Crippen LogP contribution < -0.4 is 0 Å². The Balaban J connectivity index is 0. The highest BCUT2D eigenvalue weighted by atomic mass is 31.0. The van der Waals surface area contributed by atoms with Crippen molar-refractivity contribution in [2.45, 2.75) is 213 Å². The quantitative estimate of drug-likeness (QED) is 0.0724. The molecule has 0 saturated carbocycles. The van der Waals surface area contributed by atoms with E-state index < -0.39 is 12.1 Å². The van der Waals surface area contributed by atoms with Crippen molar-refractivity contribution in [1.82, 2.24) is 0 Å². The predicted molar refractivity (Wildman–Crippen MR) is 178 cm³/mol. The number of carbonyl (C=O) groups is 1. The molecule has 3 atom stereocenters. The normalized spacial score (nSPS) is 13.1. The van der Waals surface area contributed by atoms with Gasteiger partial charge in [-0.05, 0) is 43.7 Å². The van der Waals surface area contributed by atoms with Crippen molar-refractivity contribution in [3.05, 3.63) is 0 Å². The lowest BCUT2D eigenvalue weighted by Crippen LogP contribution is -2.32. The number of aliphatic hydroxyl groups excluding tert-OH is 1. The van der Waals surface area contributed by atoms with E-state index in [0.717, 1.165) is 5.92 Å². The van der Waals surface area contributed by atoms with Crippen molar-refractivity contribution in [3.63, 3.8) is 0 Å². The molecule has 0 aromatic carbocycles. The van der Waals surface area contributed by atoms with Gasteiger partial charge < -0.3 is 10.2 Å². The fourth-order valence-corrected chi connectivity index (χ4v) is 6.45. The molecule has 0 aliphatic heterocycles. The van der Waals surface area contributed by atoms with E-state index in [1.165, 1.54) is 174 Å². The number of hydrogen-bond donors (Lipinski definition) is 2. The summed E-state index contributed by atoms with van der Waals surface area (Å²) in [5, 5.41) is 16.3. The molecule has 0 amide bonds. The third-order valence-electron chi connectivity index (χ3n) is 8.47. The minimum Gasteiger partial charge on any atom is -0.479 e. The number of carboxylic acids is 1. The standard InChI is InChI=1S/C32H67P.C3H6O3/c1-5-9-13-17-18-19-20-21-22-24-28-31(27-23-14-10-6-2)32(33,29-25-15-11-7-3)30-26-16-12-8-4;1-2(4)3(5)6/h31H,5-30,33H2,1-4H3;2,4H,1H3,(H,5,6). The summed E-state index contributed by atoms with van der Waals surface area (Å²) in [6.45, 7) is 10.6. The van der Waals surface area contributed by atoms with Crippen LogP contribution in [0.2, 0.25) is 0 Å². The van der Waals surface area contributed by atoms with Crippen LogP contribution >= 0.6 is 9.24 Å². The van der Waals surface area contributed by atoms with Gasteiger partial charge in [0.1, 0.15) is 6.10 Å². The summed E-state index contributed by atoms with van der Waals surface area (Å²) in [5.41, 5.74) is 0. The van der Waals surface area contributed by atoms with Gasteiger partial charge in [0.25, 0.3) is 0 Å². The van der Waals surface area contributed by atoms with Crippen LogP contribution in [-0.2, 0) is 4.79 Å². The second-order valence-corrected chi connectivity index (χ2v) is 13.5. The summed E-state index contributed by atoms with van der Waals surface area (Å²) in [5.74, 6) is -0.244. The molecule has 0 aliphatic rings. The lowest BCUT2D eigenvalue weighted by Gasteiger charge is -2.39. The molecule has 3 unspecified atom stereocenters. The summed E-state index contributed by atoms with van der Waals surface area (Å²) in [6.07, 6.45) is 36.4. The smallest absolute Gasteiger partial charge is 0.332 e. The van der Waals surface area contributed by atoms with Crippen LogP contribution in [0, 0.1) is 5.92 Å². The Hall–Kier alpha value is -0.140. The van der Waals surface area contributed by atoms with E-state index >= 15 is 0 Å². The fourth-order valence-electron chi connectivity index (χ4n) is 5.71. The Morgan fingerprint density at radius 1 is 0.564 bits per heavy atom. The van der Waals surface area contributed by atoms with Gasteiger partial charge in [0.15, 0.2) is 0 Å². The third kappa shape index (κ3) is 27.8. The Bertz CT molecular complexity index is 482. The fraction of sp³-hybridized carbons (Fsp3) is 0.971. The minimum atomic E-state index is -1.23. The average molecular weight is 573 g/mol. The van der Waals surface area contributed by atoms with Crippen LogP contribution in [0.25, 0.3) is 0 Å². The summed E-state index contributed by atoms with van der Waals surface area (Å²) >= 11 is 0. The second kappa shape index (κ2) is 30.8. The van der Waals surface area contributed by atoms with Crippen molar-refractivity contribution >= 4 is 15.2 Å². The molecular formula is C35H73O3P. The molecular weight excluding hydrogens is 499 g/mol. The molecule has 0 aromatic heterocycles. The number of aliphatic carboxylic acids is 1. The maximum atomic E-state index is 9.45. The first-order valence-electron chi connectivity index (χ1n) is 17.5. The Labute approximate surface area is 248 Å². The van der Waals surface area contributed by atoms with Crippen molar-refractivity contribution in [3.8, 4) is 0 Å². The Morgan fingerprint density at radius 3 is 1.13 bits per heavy atom. The van der Waals surface area contributed by atoms with Gasteiger partial charge in [0, 0.05) is 0 Å². The van der Waals surface area contributed by atoms with Gasteiger partial charge in [-0.2, -0.15) is 0 Å². The maximum absolute atomic E-state index is 9.45. The monoisotopic (exact) mass is 573 g/mol. The van der Waals surface area contributed by atoms with E-state index in [4.69, 9.17) is 10.2 Å². The lowest BCUT2D eigenvalue weighted by atomic mass is 9.77. The number of unbranched alkanes of at least 4 members (excludes halogenated alkanes) is 18. The summed E-state index contributed by atoms with van der Waals surface area (Å²) in [6, 6.07) is 0. The Kier molecular flexibility index (Phi) is 32.4. The topological polar surface area (TPSA) is 57.5 Å². The average Bonchev–Trinajstić information content (AvgIpc) is 2.91. The molecule has 0 bridgehead atoms. The van der Waals surface area contributed by atoms with Crippen LogP contribution in [-0.4, -0.2) is 27.4 Å². The zero-order valence-electron chi connectivity index (χ0n) is 27.4. The van der Waals surface area contributed by atoms with Crippen molar-refractivity contribution < 1.29 is 15.0 Å². The second-order valence-electron chi connectivity index (χ2n) is 12.4. The molecule has 0 rings (SSSR count). The highest BCUT2D eigenvalue weighted by Gasteiger charge is 2.32. The first kappa shape index (κ1) is 41.0. The van der Waals surface area contributed by atoms with Gasteiger partial charge in [-0.25, -0.2) is 4.79 Å². The SMILES string of the molecule is CC(O)C(=O)O.CCCCCCCCCCCCC(CCCCCC)C(P)(CCCCCC)CCCCCC. The zero-order chi connectivity index (χ0) is 29.6. The molecule has 0 radical (unpaired) electrons. The first-order chi connectivity index (χ1) is 18.8. The van der Waals surface area contributed by atoms with Gasteiger partial charge in [0.2, 0.25) is 0 Å². The van der Waals surface area contributed by atoms with E-state index in [-0.39, 0.29) is 0 Å². The van der Waals surface area contributed by atoms with Gasteiger partial charge in [0.05, 0.1) is 0 Å². The first-order valence-corrected chi connectivity index (χ1v) is 18.1. The van der Waals surface area contributed by atoms with Crippen LogP contribution in [0.3, 0.4) is 0 Å². The van der Waals surface area contributed by atoms with Gasteiger partial charge in [-0.1, -0.05) is 169 Å². The van der Waals surface area contributed by atoms with Gasteiger partial charge >= 0.3 is 5.97 Å². The molecule has 0 saturated heterocycles. The summed E-state index contributed by atoms with van der Waals surface area (Å²) in [7, 11) is 3.49. The van der Waals surface area contributed by atoms with E-state index in [9.17, 15) is 4.79 Å². The van der Waals surface area contributed by atoms with Crippen molar-refractivity contribution in [2.75, 3.05) is 0 Å². The Morgan fingerprint density at radius 2 is 0.821 bits per heavy atom. The van der Waals surface area contributed by atoms with E-state index in [1.807, 2.05) is 0 Å². The zero-order valence-corrected chi connectivity index (χ0v) is 28.6. The summed E-state index contributed by atoms with van der Waals surface area (Å²) in [4.78, 5) is 9.45. The highest BCUT2D eigenvalue weighted by Crippen LogP contribution is 2.44. The largest absolute Gasteiger partial charge is 0.479 e. The molecule has 236 valence electrons. The molecule has 0 spiro atoms. The summed E-state index contributed by atoms with van der Waals surface area (Å²) < 4.78 is 0. The number of aliphatic hydroxyl groups is 1. The molecule has 0 aromatic rings. The van der Waals surface area contributed by atoms with Crippen molar-refractivity contribution in [1.29, 1.82) is 0 Å². The molecule has 3 nitrogen and oxygen atoms in total. The lowest BCUT2D eigenvalue weighted by molar-refractivity contribution is -0.145. The van der Waals surface area contributed by atoms with E-state index in [0.29, 0.717) is 5.16 Å². The molecule has 2 N–H and O–H groups in total. The molecule has 0 aliphatic carbocycles. The molecule has 39 heavy (non-hydrogen) atoms. The number of hydrogen-bond acceptors (Lipinski definition) is 2. The molecule has 0 heterocycles. The van der Waals surface area contributed by atoms with E-state index in [2.05, 4.69) is 36.9 Å². The minimum absolute atomic E-state index is 0.521. The van der Waals surface area contributed by atoms with Crippen LogP contribution in [0.15, 0.2) is 0 Å². The molecule has 4 heteroatoms. The van der Waals surface area contributed by atoms with Crippen LogP contribution in [0.4, 0.5) is 0 Å². The predicted octanol–water partition coefficient (Wildman–Crippen LogP) is 11.9. The third-order valence-corrected chi connectivity index (χ3v) is 9.52. The van der Waals surface area contributed by atoms with Crippen LogP contribution in [0.1, 0.15) is 202 Å². The number of carboxylic acid groups (broad SMARTS) is 1. The van der Waals surface area contributed by atoms with Crippen LogP contribution in [0.5, 0.6) is 0 Å². The maximum Gasteiger partial charge on any atom is 0.332 e. The van der Waals surface area contributed by atoms with Gasteiger partial charge in [-0.3, -0.25) is 0 Å². The highest BCUT2D eigenvalue weighted by molar-refractivity contribution is 7.19. The van der Waals surface area contributed by atoms with Gasteiger partial charge in [-0.15, -0.1) is 9.24 Å².